The molecule has 4 fully saturated rings. The molecule has 1 aromatic carbocycles. The lowest BCUT2D eigenvalue weighted by molar-refractivity contribution is -0.135. The predicted octanol–water partition coefficient (Wildman–Crippen LogP) is 3.26. The van der Waals surface area contributed by atoms with Crippen LogP contribution in [-0.4, -0.2) is 50.6 Å². The normalized spacial score (nSPS) is 28.8. The van der Waals surface area contributed by atoms with Crippen LogP contribution in [0.2, 0.25) is 0 Å². The van der Waals surface area contributed by atoms with Gasteiger partial charge in [0, 0.05) is 13.5 Å². The number of ether oxygens (including phenoxy) is 2. The van der Waals surface area contributed by atoms with E-state index in [1.54, 1.807) is 19.1 Å². The molecule has 4 bridgehead atoms. The Morgan fingerprint density at radius 3 is 2.17 bits per heavy atom. The topological polar surface area (TPSA) is 67.9 Å². The van der Waals surface area contributed by atoms with Crippen molar-refractivity contribution in [2.45, 2.75) is 44.9 Å². The van der Waals surface area contributed by atoms with Crippen molar-refractivity contribution in [1.82, 2.24) is 10.2 Å². The summed E-state index contributed by atoms with van der Waals surface area (Å²) in [5.74, 6) is 3.97. The number of hydrogen-bond donors (Lipinski definition) is 1. The molecule has 1 aromatic rings. The van der Waals surface area contributed by atoms with E-state index in [4.69, 9.17) is 9.47 Å². The third kappa shape index (κ3) is 4.90. The van der Waals surface area contributed by atoms with Crippen LogP contribution in [0.1, 0.15) is 44.9 Å². The van der Waals surface area contributed by atoms with Crippen molar-refractivity contribution < 1.29 is 19.1 Å². The maximum absolute atomic E-state index is 12.6. The number of benzene rings is 1. The third-order valence-corrected chi connectivity index (χ3v) is 7.32. The highest BCUT2D eigenvalue weighted by Gasteiger charge is 2.51. The molecule has 0 radical (unpaired) electrons. The van der Waals surface area contributed by atoms with E-state index in [2.05, 4.69) is 5.32 Å². The Morgan fingerprint density at radius 2 is 1.60 bits per heavy atom. The second kappa shape index (κ2) is 8.86. The van der Waals surface area contributed by atoms with Gasteiger partial charge in [-0.2, -0.15) is 0 Å². The summed E-state index contributed by atoms with van der Waals surface area (Å²) in [4.78, 5) is 26.6. The van der Waals surface area contributed by atoms with Crippen molar-refractivity contribution in [2.24, 2.45) is 23.2 Å². The molecule has 0 saturated heterocycles. The minimum atomic E-state index is -0.0906. The average molecular weight is 415 g/mol. The molecule has 6 nitrogen and oxygen atoms in total. The molecule has 1 N–H and O–H groups in total. The van der Waals surface area contributed by atoms with Crippen LogP contribution in [0, 0.1) is 23.2 Å². The molecule has 4 aliphatic carbocycles. The summed E-state index contributed by atoms with van der Waals surface area (Å²) in [5.41, 5.74) is 0.208. The molecule has 6 heteroatoms. The number of carbonyl (C=O) groups is 2. The van der Waals surface area contributed by atoms with E-state index in [0.717, 1.165) is 29.3 Å². The molecular weight excluding hydrogens is 380 g/mol. The Kier molecular flexibility index (Phi) is 6.21. The highest BCUT2D eigenvalue weighted by Crippen LogP contribution is 2.61. The number of nitrogens with zero attached hydrogens (tertiary/aromatic N) is 1. The molecule has 0 aliphatic heterocycles. The Morgan fingerprint density at radius 1 is 1.03 bits per heavy atom. The monoisotopic (exact) mass is 414 g/mol. The summed E-state index contributed by atoms with van der Waals surface area (Å²) in [6, 6.07) is 7.35. The van der Waals surface area contributed by atoms with Gasteiger partial charge in [-0.15, -0.1) is 0 Å². The zero-order valence-corrected chi connectivity index (χ0v) is 18.2. The summed E-state index contributed by atoms with van der Waals surface area (Å²) < 4.78 is 10.8. The lowest BCUT2D eigenvalue weighted by Crippen LogP contribution is -2.48. The minimum absolute atomic E-state index is 0.0354. The van der Waals surface area contributed by atoms with E-state index in [1.165, 1.54) is 38.5 Å². The molecule has 0 unspecified atom stereocenters. The molecule has 164 valence electrons. The fourth-order valence-electron chi connectivity index (χ4n) is 6.32. The van der Waals surface area contributed by atoms with E-state index < -0.39 is 0 Å². The van der Waals surface area contributed by atoms with E-state index in [-0.39, 0.29) is 23.8 Å². The molecule has 2 amide bonds. The smallest absolute Gasteiger partial charge is 0.241 e. The molecule has 0 atom stereocenters. The number of hydrogen-bond acceptors (Lipinski definition) is 4. The zero-order valence-electron chi connectivity index (χ0n) is 18.2. The highest BCUT2D eigenvalue weighted by atomic mass is 16.5. The molecule has 0 aromatic heterocycles. The van der Waals surface area contributed by atoms with Crippen molar-refractivity contribution in [3.05, 3.63) is 24.3 Å². The van der Waals surface area contributed by atoms with Gasteiger partial charge in [-0.05, 0) is 86.0 Å². The Bertz CT molecular complexity index is 726. The summed E-state index contributed by atoms with van der Waals surface area (Å²) in [6.07, 6.45) is 8.36. The molecule has 0 spiro atoms. The SMILES string of the molecule is COc1ccc(OCCN(C)C(=O)CNC(=O)CC23CC4CC(CC(C4)C2)C3)cc1. The van der Waals surface area contributed by atoms with Gasteiger partial charge in [0.05, 0.1) is 20.2 Å². The Hall–Kier alpha value is -2.24. The van der Waals surface area contributed by atoms with E-state index in [9.17, 15) is 9.59 Å². The first-order chi connectivity index (χ1) is 14.4. The van der Waals surface area contributed by atoms with Crippen LogP contribution in [0.3, 0.4) is 0 Å². The molecule has 4 aliphatic rings. The fourth-order valence-corrected chi connectivity index (χ4v) is 6.32. The number of methoxy groups -OCH3 is 1. The fraction of sp³-hybridized carbons (Fsp3) is 0.667. The number of nitrogens with one attached hydrogen (secondary N) is 1. The quantitative estimate of drug-likeness (QED) is 0.674. The Labute approximate surface area is 179 Å². The zero-order chi connectivity index (χ0) is 21.1. The summed E-state index contributed by atoms with van der Waals surface area (Å²) >= 11 is 0. The molecular formula is C24H34N2O4. The van der Waals surface area contributed by atoms with Gasteiger partial charge in [-0.3, -0.25) is 9.59 Å². The molecule has 0 heterocycles. The van der Waals surface area contributed by atoms with Gasteiger partial charge in [0.25, 0.3) is 0 Å². The van der Waals surface area contributed by atoms with Gasteiger partial charge in [0.1, 0.15) is 18.1 Å². The van der Waals surface area contributed by atoms with Gasteiger partial charge in [-0.25, -0.2) is 0 Å². The predicted molar refractivity (Wildman–Crippen MR) is 114 cm³/mol. The number of amides is 2. The number of rotatable bonds is 9. The second-order valence-electron chi connectivity index (χ2n) is 9.71. The number of likely N-dealkylation sites (N-methyl/N-ethyl adjacent to an activating group) is 1. The van der Waals surface area contributed by atoms with Crippen LogP contribution in [0.15, 0.2) is 24.3 Å². The van der Waals surface area contributed by atoms with Crippen LogP contribution in [0.5, 0.6) is 11.5 Å². The van der Waals surface area contributed by atoms with E-state index >= 15 is 0 Å². The van der Waals surface area contributed by atoms with Gasteiger partial charge < -0.3 is 19.7 Å². The minimum Gasteiger partial charge on any atom is -0.497 e. The van der Waals surface area contributed by atoms with Gasteiger partial charge >= 0.3 is 0 Å². The second-order valence-corrected chi connectivity index (χ2v) is 9.71. The molecule has 5 rings (SSSR count). The van der Waals surface area contributed by atoms with Crippen LogP contribution >= 0.6 is 0 Å². The van der Waals surface area contributed by atoms with Crippen molar-refractivity contribution in [3.63, 3.8) is 0 Å². The largest absolute Gasteiger partial charge is 0.497 e. The summed E-state index contributed by atoms with van der Waals surface area (Å²) in [7, 11) is 3.36. The van der Waals surface area contributed by atoms with Crippen LogP contribution < -0.4 is 14.8 Å². The first-order valence-corrected chi connectivity index (χ1v) is 11.2. The summed E-state index contributed by atoms with van der Waals surface area (Å²) in [5, 5.41) is 2.87. The maximum atomic E-state index is 12.6. The van der Waals surface area contributed by atoms with Crippen molar-refractivity contribution in [1.29, 1.82) is 0 Å². The third-order valence-electron chi connectivity index (χ3n) is 7.32. The van der Waals surface area contributed by atoms with Crippen LogP contribution in [0.4, 0.5) is 0 Å². The lowest BCUT2D eigenvalue weighted by atomic mass is 9.49. The van der Waals surface area contributed by atoms with Crippen molar-refractivity contribution in [2.75, 3.05) is 33.9 Å². The van der Waals surface area contributed by atoms with E-state index in [1.807, 2.05) is 24.3 Å². The van der Waals surface area contributed by atoms with Crippen LogP contribution in [-0.2, 0) is 9.59 Å². The summed E-state index contributed by atoms with van der Waals surface area (Å²) in [6.45, 7) is 0.926. The van der Waals surface area contributed by atoms with Crippen molar-refractivity contribution in [3.8, 4) is 11.5 Å². The maximum Gasteiger partial charge on any atom is 0.241 e. The Balaban J connectivity index is 1.16. The highest BCUT2D eigenvalue weighted by molar-refractivity contribution is 5.84. The standard InChI is InChI=1S/C24H34N2O4/c1-26(7-8-30-21-5-3-20(29-2)4-6-21)23(28)16-25-22(27)15-24-12-17-9-18(13-24)11-19(10-17)14-24/h3-6,17-19H,7-16H2,1-2H3,(H,25,27). The van der Waals surface area contributed by atoms with Gasteiger partial charge in [0.15, 0.2) is 0 Å². The van der Waals surface area contributed by atoms with Gasteiger partial charge in [0.2, 0.25) is 11.8 Å². The average Bonchev–Trinajstić information content (AvgIpc) is 2.71. The molecule has 30 heavy (non-hydrogen) atoms. The lowest BCUT2D eigenvalue weighted by Gasteiger charge is -2.56. The number of carbonyl (C=O) groups excluding carboxylic acids is 2. The van der Waals surface area contributed by atoms with E-state index in [0.29, 0.717) is 19.6 Å². The molecule has 4 saturated carbocycles. The van der Waals surface area contributed by atoms with Crippen LogP contribution in [0.25, 0.3) is 0 Å². The van der Waals surface area contributed by atoms with Gasteiger partial charge in [-0.1, -0.05) is 0 Å². The van der Waals surface area contributed by atoms with Crippen molar-refractivity contribution >= 4 is 11.8 Å². The first kappa shape index (κ1) is 21.0. The first-order valence-electron chi connectivity index (χ1n) is 11.2.